The number of aliphatic carboxylic acids is 1. The maximum atomic E-state index is 11.8. The number of carbonyl (C=O) groups is 3. The number of hydrogen-bond donors (Lipinski definition) is 2. The number of carbonyl (C=O) groups excluding carboxylic acids is 2. The summed E-state index contributed by atoms with van der Waals surface area (Å²) < 4.78 is 14.8. The minimum absolute atomic E-state index is 0.0317. The van der Waals surface area contributed by atoms with E-state index in [2.05, 4.69) is 10.1 Å². The number of benzene rings is 1. The van der Waals surface area contributed by atoms with Crippen molar-refractivity contribution in [1.29, 1.82) is 0 Å². The van der Waals surface area contributed by atoms with Crippen LogP contribution in [0.4, 0.5) is 4.79 Å². The maximum absolute atomic E-state index is 11.8. The number of amides is 1. The van der Waals surface area contributed by atoms with Gasteiger partial charge in [-0.1, -0.05) is 12.1 Å². The molecule has 0 spiro atoms. The Morgan fingerprint density at radius 1 is 1.24 bits per heavy atom. The van der Waals surface area contributed by atoms with Crippen LogP contribution in [0, 0.1) is 0 Å². The van der Waals surface area contributed by atoms with Crippen molar-refractivity contribution < 1.29 is 33.7 Å². The standard InChI is InChI=1S/C17H23NO7/c1-17(2,3)25-16(22)18-13(15(20)21)9-11-6-5-7-12(8-11)24-10-14(19)23-4/h5-8,13H,9-10H2,1-4H3,(H,18,22)(H,20,21). The van der Waals surface area contributed by atoms with E-state index in [9.17, 15) is 19.5 Å². The molecule has 0 aliphatic rings. The molecule has 0 bridgehead atoms. The van der Waals surface area contributed by atoms with E-state index in [1.54, 1.807) is 45.0 Å². The largest absolute Gasteiger partial charge is 0.482 e. The normalized spacial score (nSPS) is 12.0. The van der Waals surface area contributed by atoms with Gasteiger partial charge in [-0.25, -0.2) is 14.4 Å². The molecule has 8 heteroatoms. The van der Waals surface area contributed by atoms with Gasteiger partial charge in [0.1, 0.15) is 17.4 Å². The van der Waals surface area contributed by atoms with Crippen molar-refractivity contribution in [2.45, 2.75) is 38.8 Å². The van der Waals surface area contributed by atoms with E-state index in [1.165, 1.54) is 7.11 Å². The molecule has 138 valence electrons. The second-order valence-electron chi connectivity index (χ2n) is 6.25. The molecule has 0 saturated carbocycles. The first-order valence-corrected chi connectivity index (χ1v) is 7.61. The number of alkyl carbamates (subject to hydrolysis) is 1. The second kappa shape index (κ2) is 8.91. The van der Waals surface area contributed by atoms with Crippen LogP contribution in [-0.2, 0) is 25.5 Å². The molecule has 8 nitrogen and oxygen atoms in total. The van der Waals surface area contributed by atoms with E-state index >= 15 is 0 Å². The third-order valence-corrected chi connectivity index (χ3v) is 2.91. The highest BCUT2D eigenvalue weighted by Crippen LogP contribution is 2.15. The van der Waals surface area contributed by atoms with Gasteiger partial charge in [0.25, 0.3) is 0 Å². The average Bonchev–Trinajstić information content (AvgIpc) is 2.50. The zero-order valence-corrected chi connectivity index (χ0v) is 14.7. The van der Waals surface area contributed by atoms with Gasteiger partial charge >= 0.3 is 18.0 Å². The summed E-state index contributed by atoms with van der Waals surface area (Å²) in [4.78, 5) is 34.2. The third kappa shape index (κ3) is 8.05. The number of nitrogens with one attached hydrogen (secondary N) is 1. The first-order valence-electron chi connectivity index (χ1n) is 7.61. The molecule has 1 amide bonds. The van der Waals surface area contributed by atoms with Crippen LogP contribution in [0.3, 0.4) is 0 Å². The van der Waals surface area contributed by atoms with E-state index in [4.69, 9.17) is 9.47 Å². The van der Waals surface area contributed by atoms with Crippen molar-refractivity contribution in [2.24, 2.45) is 0 Å². The van der Waals surface area contributed by atoms with Crippen LogP contribution in [0.5, 0.6) is 5.75 Å². The molecule has 0 aliphatic heterocycles. The van der Waals surface area contributed by atoms with Crippen LogP contribution in [0.2, 0.25) is 0 Å². The number of ether oxygens (including phenoxy) is 3. The van der Waals surface area contributed by atoms with Crippen LogP contribution in [0.15, 0.2) is 24.3 Å². The second-order valence-corrected chi connectivity index (χ2v) is 6.25. The van der Waals surface area contributed by atoms with Gasteiger partial charge in [0.2, 0.25) is 0 Å². The zero-order chi connectivity index (χ0) is 19.0. The fraction of sp³-hybridized carbons (Fsp3) is 0.471. The SMILES string of the molecule is COC(=O)COc1cccc(CC(NC(=O)OC(C)(C)C)C(=O)O)c1. The lowest BCUT2D eigenvalue weighted by atomic mass is 10.1. The lowest BCUT2D eigenvalue weighted by Crippen LogP contribution is -2.44. The van der Waals surface area contributed by atoms with Crippen LogP contribution in [-0.4, -0.2) is 48.5 Å². The summed E-state index contributed by atoms with van der Waals surface area (Å²) in [6.07, 6.45) is -0.776. The highest BCUT2D eigenvalue weighted by Gasteiger charge is 2.24. The fourth-order valence-corrected chi connectivity index (χ4v) is 1.85. The third-order valence-electron chi connectivity index (χ3n) is 2.91. The summed E-state index contributed by atoms with van der Waals surface area (Å²) in [5, 5.41) is 11.6. The molecule has 0 heterocycles. The fourth-order valence-electron chi connectivity index (χ4n) is 1.85. The van der Waals surface area contributed by atoms with Crippen LogP contribution in [0.25, 0.3) is 0 Å². The van der Waals surface area contributed by atoms with Crippen molar-refractivity contribution in [2.75, 3.05) is 13.7 Å². The van der Waals surface area contributed by atoms with Gasteiger partial charge in [-0.15, -0.1) is 0 Å². The summed E-state index contributed by atoms with van der Waals surface area (Å²) in [6, 6.07) is 5.41. The molecule has 1 rings (SSSR count). The molecule has 0 fully saturated rings. The summed E-state index contributed by atoms with van der Waals surface area (Å²) in [5.41, 5.74) is -0.111. The number of hydrogen-bond acceptors (Lipinski definition) is 6. The first kappa shape index (κ1) is 20.3. The monoisotopic (exact) mass is 353 g/mol. The molecule has 0 aliphatic carbocycles. The first-order chi connectivity index (χ1) is 11.6. The highest BCUT2D eigenvalue weighted by atomic mass is 16.6. The summed E-state index contributed by atoms with van der Waals surface area (Å²) in [7, 11) is 1.25. The van der Waals surface area contributed by atoms with E-state index in [0.29, 0.717) is 11.3 Å². The topological polar surface area (TPSA) is 111 Å². The van der Waals surface area contributed by atoms with E-state index in [0.717, 1.165) is 0 Å². The molecule has 1 unspecified atom stereocenters. The molecule has 2 N–H and O–H groups in total. The van der Waals surface area contributed by atoms with Gasteiger partial charge in [-0.2, -0.15) is 0 Å². The number of esters is 1. The number of methoxy groups -OCH3 is 1. The zero-order valence-electron chi connectivity index (χ0n) is 14.7. The lowest BCUT2D eigenvalue weighted by Gasteiger charge is -2.22. The minimum atomic E-state index is -1.19. The summed E-state index contributed by atoms with van der Waals surface area (Å²) in [6.45, 7) is 4.80. The molecule has 0 saturated heterocycles. The Balaban J connectivity index is 2.73. The van der Waals surface area contributed by atoms with E-state index < -0.39 is 29.7 Å². The van der Waals surface area contributed by atoms with Crippen molar-refractivity contribution in [1.82, 2.24) is 5.32 Å². The Kier molecular flexibility index (Phi) is 7.22. The van der Waals surface area contributed by atoms with Crippen molar-refractivity contribution in [3.63, 3.8) is 0 Å². The lowest BCUT2D eigenvalue weighted by molar-refractivity contribution is -0.143. The highest BCUT2D eigenvalue weighted by molar-refractivity contribution is 5.80. The number of carboxylic acids is 1. The van der Waals surface area contributed by atoms with Gasteiger partial charge in [0.15, 0.2) is 6.61 Å². The molecule has 0 radical (unpaired) electrons. The van der Waals surface area contributed by atoms with Gasteiger partial charge < -0.3 is 24.6 Å². The Hall–Kier alpha value is -2.77. The van der Waals surface area contributed by atoms with Crippen LogP contribution < -0.4 is 10.1 Å². The summed E-state index contributed by atoms with van der Waals surface area (Å²) in [5.74, 6) is -1.32. The Morgan fingerprint density at radius 2 is 1.92 bits per heavy atom. The van der Waals surface area contributed by atoms with Crippen molar-refractivity contribution in [3.8, 4) is 5.75 Å². The predicted molar refractivity (Wildman–Crippen MR) is 88.5 cm³/mol. The van der Waals surface area contributed by atoms with Crippen molar-refractivity contribution in [3.05, 3.63) is 29.8 Å². The molecule has 1 atom stereocenters. The van der Waals surface area contributed by atoms with Gasteiger partial charge in [0.05, 0.1) is 7.11 Å². The van der Waals surface area contributed by atoms with Gasteiger partial charge in [-0.05, 0) is 38.5 Å². The molecule has 25 heavy (non-hydrogen) atoms. The number of rotatable bonds is 7. The minimum Gasteiger partial charge on any atom is -0.482 e. The van der Waals surface area contributed by atoms with E-state index in [-0.39, 0.29) is 13.0 Å². The average molecular weight is 353 g/mol. The van der Waals surface area contributed by atoms with Gasteiger partial charge in [-0.3, -0.25) is 0 Å². The van der Waals surface area contributed by atoms with Crippen molar-refractivity contribution >= 4 is 18.0 Å². The summed E-state index contributed by atoms with van der Waals surface area (Å²) >= 11 is 0. The Morgan fingerprint density at radius 3 is 2.48 bits per heavy atom. The molecular weight excluding hydrogens is 330 g/mol. The predicted octanol–water partition coefficient (Wildman–Crippen LogP) is 1.76. The quantitative estimate of drug-likeness (QED) is 0.718. The smallest absolute Gasteiger partial charge is 0.408 e. The van der Waals surface area contributed by atoms with Gasteiger partial charge in [0, 0.05) is 6.42 Å². The molecular formula is C17H23NO7. The Bertz CT molecular complexity index is 622. The van der Waals surface area contributed by atoms with Crippen LogP contribution in [0.1, 0.15) is 26.3 Å². The molecule has 0 aromatic heterocycles. The molecule has 1 aromatic rings. The Labute approximate surface area is 146 Å². The maximum Gasteiger partial charge on any atom is 0.408 e. The molecule has 1 aromatic carbocycles. The van der Waals surface area contributed by atoms with E-state index in [1.807, 2.05) is 0 Å². The van der Waals surface area contributed by atoms with Crippen LogP contribution >= 0.6 is 0 Å². The number of carboxylic acid groups (broad SMARTS) is 1.